The van der Waals surface area contributed by atoms with Gasteiger partial charge in [-0.2, -0.15) is 0 Å². The molecule has 0 aliphatic rings. The summed E-state index contributed by atoms with van der Waals surface area (Å²) in [5, 5.41) is 15.0. The van der Waals surface area contributed by atoms with Crippen LogP contribution in [0.25, 0.3) is 17.1 Å². The Morgan fingerprint density at radius 3 is 2.70 bits per heavy atom. The van der Waals surface area contributed by atoms with Crippen LogP contribution in [0.5, 0.6) is 0 Å². The van der Waals surface area contributed by atoms with Crippen molar-refractivity contribution in [1.82, 2.24) is 20.1 Å². The van der Waals surface area contributed by atoms with Crippen LogP contribution in [-0.2, 0) is 11.3 Å². The van der Waals surface area contributed by atoms with E-state index in [2.05, 4.69) is 21.6 Å². The summed E-state index contributed by atoms with van der Waals surface area (Å²) >= 11 is 9.03. The number of thioether (sulfide) groups is 1. The lowest BCUT2D eigenvalue weighted by Crippen LogP contribution is -2.24. The number of aromatic nitrogens is 3. The van der Waals surface area contributed by atoms with Crippen molar-refractivity contribution in [2.75, 3.05) is 5.75 Å². The topological polar surface area (TPSA) is 59.8 Å². The molecule has 0 bridgehead atoms. The Kier molecular flexibility index (Phi) is 6.52. The maximum Gasteiger partial charge on any atom is 0.230 e. The number of halogens is 1. The average molecular weight is 455 g/mol. The van der Waals surface area contributed by atoms with Gasteiger partial charge in [-0.1, -0.05) is 41.6 Å². The fourth-order valence-electron chi connectivity index (χ4n) is 2.93. The Bertz CT molecular complexity index is 1140. The molecule has 0 saturated heterocycles. The molecule has 4 aromatic rings. The maximum absolute atomic E-state index is 12.3. The number of hydrogen-bond acceptors (Lipinski definition) is 5. The fourth-order valence-corrected chi connectivity index (χ4v) is 4.48. The van der Waals surface area contributed by atoms with Gasteiger partial charge in [-0.3, -0.25) is 9.36 Å². The summed E-state index contributed by atoms with van der Waals surface area (Å²) < 4.78 is 1.98. The lowest BCUT2D eigenvalue weighted by Gasteiger charge is -2.11. The number of carbonyl (C=O) groups is 1. The molecule has 2 heterocycles. The van der Waals surface area contributed by atoms with Gasteiger partial charge in [-0.05, 0) is 60.3 Å². The highest BCUT2D eigenvalue weighted by molar-refractivity contribution is 7.99. The van der Waals surface area contributed by atoms with E-state index in [1.807, 2.05) is 71.5 Å². The predicted molar refractivity (Wildman–Crippen MR) is 123 cm³/mol. The van der Waals surface area contributed by atoms with E-state index in [0.717, 1.165) is 21.7 Å². The zero-order chi connectivity index (χ0) is 20.9. The molecule has 1 N–H and O–H groups in total. The van der Waals surface area contributed by atoms with Crippen molar-refractivity contribution in [1.29, 1.82) is 0 Å². The molecular formula is C22H19ClN4OS2. The first-order valence-electron chi connectivity index (χ1n) is 9.30. The summed E-state index contributed by atoms with van der Waals surface area (Å²) in [6.07, 6.45) is 0. The molecule has 0 atom stereocenters. The van der Waals surface area contributed by atoms with Crippen LogP contribution < -0.4 is 5.32 Å². The number of nitrogens with one attached hydrogen (secondary N) is 1. The van der Waals surface area contributed by atoms with E-state index in [-0.39, 0.29) is 11.7 Å². The fraction of sp³-hybridized carbons (Fsp3) is 0.136. The third-order valence-corrected chi connectivity index (χ3v) is 6.43. The van der Waals surface area contributed by atoms with Crippen LogP contribution in [0.15, 0.2) is 71.2 Å². The minimum Gasteiger partial charge on any atom is -0.350 e. The molecular weight excluding hydrogens is 436 g/mol. The predicted octanol–water partition coefficient (Wildman–Crippen LogP) is 5.37. The van der Waals surface area contributed by atoms with Gasteiger partial charge in [0.25, 0.3) is 0 Å². The molecule has 2 aromatic carbocycles. The highest BCUT2D eigenvalue weighted by Gasteiger charge is 2.17. The van der Waals surface area contributed by atoms with E-state index in [4.69, 9.17) is 11.6 Å². The van der Waals surface area contributed by atoms with Crippen LogP contribution in [0.4, 0.5) is 0 Å². The van der Waals surface area contributed by atoms with Gasteiger partial charge in [0.05, 0.1) is 12.3 Å². The molecule has 0 saturated carbocycles. The summed E-state index contributed by atoms with van der Waals surface area (Å²) in [5.41, 5.74) is 2.99. The number of benzene rings is 2. The first-order valence-corrected chi connectivity index (χ1v) is 11.5. The Hall–Kier alpha value is -2.61. The summed E-state index contributed by atoms with van der Waals surface area (Å²) in [4.78, 5) is 13.5. The molecule has 0 aliphatic carbocycles. The molecule has 0 unspecified atom stereocenters. The van der Waals surface area contributed by atoms with Crippen molar-refractivity contribution in [2.24, 2.45) is 0 Å². The average Bonchev–Trinajstić information content (AvgIpc) is 3.41. The van der Waals surface area contributed by atoms with Crippen LogP contribution in [-0.4, -0.2) is 26.4 Å². The third-order valence-electron chi connectivity index (χ3n) is 4.37. The number of aryl methyl sites for hydroxylation is 1. The van der Waals surface area contributed by atoms with E-state index in [9.17, 15) is 4.79 Å². The van der Waals surface area contributed by atoms with Crippen molar-refractivity contribution in [3.8, 4) is 17.1 Å². The van der Waals surface area contributed by atoms with Crippen molar-refractivity contribution in [3.05, 3.63) is 81.5 Å². The third kappa shape index (κ3) is 4.92. The number of carbonyl (C=O) groups excluding carboxylic acids is 1. The van der Waals surface area contributed by atoms with Crippen LogP contribution in [0, 0.1) is 6.92 Å². The minimum atomic E-state index is -0.0414. The Labute approximate surface area is 188 Å². The molecule has 0 radical (unpaired) electrons. The van der Waals surface area contributed by atoms with Gasteiger partial charge >= 0.3 is 0 Å². The van der Waals surface area contributed by atoms with Crippen LogP contribution in [0.1, 0.15) is 10.4 Å². The second-order valence-electron chi connectivity index (χ2n) is 6.63. The molecule has 5 nitrogen and oxygen atoms in total. The van der Waals surface area contributed by atoms with E-state index in [1.54, 1.807) is 11.3 Å². The van der Waals surface area contributed by atoms with Crippen LogP contribution in [0.3, 0.4) is 0 Å². The number of nitrogens with zero attached hydrogens (tertiary/aromatic N) is 3. The zero-order valence-electron chi connectivity index (χ0n) is 16.2. The minimum absolute atomic E-state index is 0.0414. The van der Waals surface area contributed by atoms with Gasteiger partial charge in [0.2, 0.25) is 5.91 Å². The van der Waals surface area contributed by atoms with E-state index >= 15 is 0 Å². The second-order valence-corrected chi connectivity index (χ2v) is 9.04. The summed E-state index contributed by atoms with van der Waals surface area (Å²) in [6, 6.07) is 19.6. The molecule has 1 amide bonds. The first-order chi connectivity index (χ1) is 14.6. The summed E-state index contributed by atoms with van der Waals surface area (Å²) in [5.74, 6) is 0.926. The van der Waals surface area contributed by atoms with E-state index < -0.39 is 0 Å². The second kappa shape index (κ2) is 9.47. The molecule has 0 aliphatic heterocycles. The molecule has 2 aromatic heterocycles. The summed E-state index contributed by atoms with van der Waals surface area (Å²) in [7, 11) is 0. The number of amides is 1. The van der Waals surface area contributed by atoms with Crippen molar-refractivity contribution < 1.29 is 4.79 Å². The van der Waals surface area contributed by atoms with Gasteiger partial charge in [-0.25, -0.2) is 0 Å². The van der Waals surface area contributed by atoms with E-state index in [0.29, 0.717) is 22.5 Å². The Balaban J connectivity index is 1.58. The normalized spacial score (nSPS) is 10.9. The van der Waals surface area contributed by atoms with Crippen molar-refractivity contribution >= 4 is 40.6 Å². The van der Waals surface area contributed by atoms with Gasteiger partial charge in [0.1, 0.15) is 0 Å². The molecule has 4 rings (SSSR count). The standard InChI is InChI=1S/C22H19ClN4OS2/c1-15-4-2-5-18(12-15)27-21(16-7-9-17(23)10-8-16)25-26-22(27)30-14-20(28)24-13-19-6-3-11-29-19/h2-12H,13-14H2,1H3,(H,24,28). The van der Waals surface area contributed by atoms with Gasteiger partial charge < -0.3 is 5.32 Å². The van der Waals surface area contributed by atoms with Crippen LogP contribution >= 0.6 is 34.7 Å². The largest absolute Gasteiger partial charge is 0.350 e. The molecule has 152 valence electrons. The Morgan fingerprint density at radius 2 is 1.97 bits per heavy atom. The first kappa shape index (κ1) is 20.7. The van der Waals surface area contributed by atoms with Gasteiger partial charge in [-0.15, -0.1) is 21.5 Å². The van der Waals surface area contributed by atoms with Crippen molar-refractivity contribution in [3.63, 3.8) is 0 Å². The smallest absolute Gasteiger partial charge is 0.230 e. The van der Waals surface area contributed by atoms with Gasteiger partial charge in [0.15, 0.2) is 11.0 Å². The van der Waals surface area contributed by atoms with E-state index in [1.165, 1.54) is 11.8 Å². The SMILES string of the molecule is Cc1cccc(-n2c(SCC(=O)NCc3cccs3)nnc2-c2ccc(Cl)cc2)c1. The number of rotatable bonds is 7. The summed E-state index contributed by atoms with van der Waals surface area (Å²) in [6.45, 7) is 2.58. The molecule has 0 spiro atoms. The number of thiophene rings is 1. The highest BCUT2D eigenvalue weighted by atomic mass is 35.5. The number of hydrogen-bond donors (Lipinski definition) is 1. The maximum atomic E-state index is 12.3. The highest BCUT2D eigenvalue weighted by Crippen LogP contribution is 2.29. The van der Waals surface area contributed by atoms with Crippen LogP contribution in [0.2, 0.25) is 5.02 Å². The molecule has 0 fully saturated rings. The Morgan fingerprint density at radius 1 is 1.13 bits per heavy atom. The monoisotopic (exact) mass is 454 g/mol. The lowest BCUT2D eigenvalue weighted by atomic mass is 10.2. The van der Waals surface area contributed by atoms with Crippen molar-refractivity contribution in [2.45, 2.75) is 18.6 Å². The molecule has 8 heteroatoms. The zero-order valence-corrected chi connectivity index (χ0v) is 18.6. The quantitative estimate of drug-likeness (QED) is 0.381. The molecule has 30 heavy (non-hydrogen) atoms. The van der Waals surface area contributed by atoms with Gasteiger partial charge in [0, 0.05) is 21.2 Å². The lowest BCUT2D eigenvalue weighted by molar-refractivity contribution is -0.118.